The SMILES string of the molecule is C=Cc1ccc2c(c1)C1(c3cc(C=O)ccc3-c3ccc(C(=O)Nc4ccc5c(c4)CN4CN5Cc5cc(N)ccc54)cc31)c1cc(C(=O)N(N)c3ccc4c(c3)CN3CN4Cc4cc(NCC)ccc43)ccc1-2. The van der Waals surface area contributed by atoms with Gasteiger partial charge in [-0.05, 0) is 188 Å². The molecule has 4 heterocycles. The van der Waals surface area contributed by atoms with Gasteiger partial charge in [-0.3, -0.25) is 14.4 Å². The summed E-state index contributed by atoms with van der Waals surface area (Å²) in [5.41, 5.74) is 27.4. The highest BCUT2D eigenvalue weighted by molar-refractivity contribution is 6.08. The van der Waals surface area contributed by atoms with Crippen LogP contribution >= 0.6 is 0 Å². The lowest BCUT2D eigenvalue weighted by molar-refractivity contribution is 0.0985. The minimum Gasteiger partial charge on any atom is -0.399 e. The normalized spacial score (nSPS) is 16.5. The number of nitrogens with one attached hydrogen (secondary N) is 2. The second-order valence-corrected chi connectivity index (χ2v) is 20.3. The average Bonchev–Trinajstić information content (AvgIpc) is 3.91. The van der Waals surface area contributed by atoms with E-state index in [2.05, 4.69) is 104 Å². The summed E-state index contributed by atoms with van der Waals surface area (Å²) >= 11 is 0. The summed E-state index contributed by atoms with van der Waals surface area (Å²) in [5, 5.41) is 7.93. The van der Waals surface area contributed by atoms with Crippen molar-refractivity contribution in [3.05, 3.63) is 219 Å². The topological polar surface area (TPSA) is 144 Å². The van der Waals surface area contributed by atoms with Crippen LogP contribution in [0.3, 0.4) is 0 Å². The van der Waals surface area contributed by atoms with Gasteiger partial charge in [-0.2, -0.15) is 0 Å². The summed E-state index contributed by atoms with van der Waals surface area (Å²) in [5.74, 6) is 6.27. The maximum absolute atomic E-state index is 14.9. The second kappa shape index (κ2) is 16.2. The number of carbonyl (C=O) groups excluding carboxylic acids is 3. The van der Waals surface area contributed by atoms with Crippen molar-refractivity contribution in [3.63, 3.8) is 0 Å². The van der Waals surface area contributed by atoms with Gasteiger partial charge in [-0.1, -0.05) is 49.1 Å². The first kappa shape index (κ1) is 43.6. The Morgan fingerprint density at radius 3 is 1.68 bits per heavy atom. The third-order valence-electron chi connectivity index (χ3n) is 16.2. The molecule has 0 aromatic heterocycles. The van der Waals surface area contributed by atoms with Crippen molar-refractivity contribution in [2.24, 2.45) is 5.84 Å². The van der Waals surface area contributed by atoms with Gasteiger partial charge in [0.25, 0.3) is 11.8 Å². The average molecular weight is 970 g/mol. The summed E-state index contributed by atoms with van der Waals surface area (Å²) in [6.07, 6.45) is 2.70. The third-order valence-corrected chi connectivity index (χ3v) is 16.2. The first-order chi connectivity index (χ1) is 36.1. The molecule has 12 heteroatoms. The highest BCUT2D eigenvalue weighted by Crippen LogP contribution is 2.63. The largest absolute Gasteiger partial charge is 0.399 e. The molecule has 362 valence electrons. The quantitative estimate of drug-likeness (QED) is 0.0382. The predicted molar refractivity (Wildman–Crippen MR) is 296 cm³/mol. The van der Waals surface area contributed by atoms with Crippen molar-refractivity contribution in [1.82, 2.24) is 0 Å². The predicted octanol–water partition coefficient (Wildman–Crippen LogP) is 10.9. The molecule has 0 saturated carbocycles. The van der Waals surface area contributed by atoms with Gasteiger partial charge in [0.15, 0.2) is 0 Å². The van der Waals surface area contributed by atoms with Gasteiger partial charge in [0, 0.05) is 89.2 Å². The lowest BCUT2D eigenvalue weighted by Gasteiger charge is -2.45. The van der Waals surface area contributed by atoms with Crippen LogP contribution in [-0.2, 0) is 31.6 Å². The molecule has 8 aromatic rings. The molecule has 14 rings (SSSR count). The number of nitrogen functional groups attached to an aromatic ring is 1. The molecule has 74 heavy (non-hydrogen) atoms. The lowest BCUT2D eigenvalue weighted by atomic mass is 9.69. The van der Waals surface area contributed by atoms with Gasteiger partial charge in [-0.25, -0.2) is 10.9 Å². The monoisotopic (exact) mass is 969 g/mol. The zero-order valence-corrected chi connectivity index (χ0v) is 40.8. The fourth-order valence-electron chi connectivity index (χ4n) is 12.9. The minimum absolute atomic E-state index is 0.254. The highest BCUT2D eigenvalue weighted by atomic mass is 16.2. The van der Waals surface area contributed by atoms with Crippen molar-refractivity contribution in [2.75, 3.05) is 60.9 Å². The molecule has 6 N–H and O–H groups in total. The number of aldehydes is 1. The van der Waals surface area contributed by atoms with Gasteiger partial charge in [0.1, 0.15) is 6.29 Å². The van der Waals surface area contributed by atoms with Crippen molar-refractivity contribution in [2.45, 2.75) is 38.5 Å². The molecule has 2 amide bonds. The fraction of sp³-hybridized carbons (Fsp3) is 0.145. The minimum atomic E-state index is -1.02. The number of hydrazine groups is 1. The summed E-state index contributed by atoms with van der Waals surface area (Å²) < 4.78 is 0. The molecule has 0 fully saturated rings. The summed E-state index contributed by atoms with van der Waals surface area (Å²) in [7, 11) is 0. The van der Waals surface area contributed by atoms with Crippen LogP contribution in [0.25, 0.3) is 28.3 Å². The Kier molecular flexibility index (Phi) is 9.55. The van der Waals surface area contributed by atoms with Crippen LogP contribution in [0.2, 0.25) is 0 Å². The van der Waals surface area contributed by atoms with Crippen LogP contribution < -0.4 is 46.8 Å². The molecule has 1 atom stereocenters. The zero-order chi connectivity index (χ0) is 50.1. The number of amides is 2. The van der Waals surface area contributed by atoms with Crippen LogP contribution in [0.4, 0.5) is 45.5 Å². The van der Waals surface area contributed by atoms with Crippen molar-refractivity contribution < 1.29 is 14.4 Å². The number of hydrogen-bond donors (Lipinski definition) is 4. The molecule has 1 spiro atoms. The summed E-state index contributed by atoms with van der Waals surface area (Å²) in [6, 6.07) is 48.6. The number of anilines is 8. The highest BCUT2D eigenvalue weighted by Gasteiger charge is 2.52. The van der Waals surface area contributed by atoms with E-state index >= 15 is 0 Å². The molecular formula is C62H51N9O3. The molecule has 1 unspecified atom stereocenters. The van der Waals surface area contributed by atoms with Gasteiger partial charge in [0.2, 0.25) is 0 Å². The van der Waals surface area contributed by atoms with Crippen LogP contribution in [0.1, 0.15) is 88.1 Å². The Morgan fingerprint density at radius 2 is 1.07 bits per heavy atom. The molecule has 0 saturated heterocycles. The fourth-order valence-corrected chi connectivity index (χ4v) is 12.9. The number of nitrogens with zero attached hydrogens (tertiary/aromatic N) is 5. The maximum Gasteiger partial charge on any atom is 0.272 e. The van der Waals surface area contributed by atoms with Crippen LogP contribution in [-0.4, -0.2) is 38.0 Å². The molecule has 2 aliphatic carbocycles. The molecule has 4 bridgehead atoms. The second-order valence-electron chi connectivity index (χ2n) is 20.3. The van der Waals surface area contributed by atoms with Crippen LogP contribution in [0.5, 0.6) is 0 Å². The summed E-state index contributed by atoms with van der Waals surface area (Å²) in [4.78, 5) is 51.6. The standard InChI is InChI=1S/C62H51N9O3/c1-3-36-5-13-48-51-16-8-39(61(74)71(64)47-12-20-59-43(26-47)32-70-35-69(59)30-41-24-45(65-4-2)10-18-57(41)70)28-55(51)62(52(48)21-36)53-22-37(33-72)6-14-49(53)50-15-7-38(27-54(50)62)60(73)66-46-11-19-58-42(25-46)31-68-34-67(58)29-40-23-44(63)9-17-56(40)68/h3,5-28,33,65H,1,4,29-32,34-35,63-64H2,2H3,(H,66,73). The first-order valence-corrected chi connectivity index (χ1v) is 25.2. The number of hydrogen-bond acceptors (Lipinski definition) is 10. The Morgan fingerprint density at radius 1 is 0.581 bits per heavy atom. The van der Waals surface area contributed by atoms with E-state index in [-0.39, 0.29) is 11.8 Å². The number of rotatable bonds is 8. The Hall–Kier alpha value is -9.13. The Bertz CT molecular complexity index is 3790. The number of fused-ring (bicyclic) bond motifs is 22. The van der Waals surface area contributed by atoms with Gasteiger partial charge >= 0.3 is 0 Å². The number of benzene rings is 8. The zero-order valence-electron chi connectivity index (χ0n) is 40.8. The van der Waals surface area contributed by atoms with Crippen LogP contribution in [0.15, 0.2) is 152 Å². The number of nitrogens with two attached hydrogens (primary N) is 2. The smallest absolute Gasteiger partial charge is 0.272 e. The molecule has 4 aliphatic heterocycles. The maximum atomic E-state index is 14.9. The van der Waals surface area contributed by atoms with Gasteiger partial charge < -0.3 is 36.0 Å². The molecular weight excluding hydrogens is 919 g/mol. The molecule has 0 radical (unpaired) electrons. The van der Waals surface area contributed by atoms with E-state index in [1.54, 1.807) is 0 Å². The van der Waals surface area contributed by atoms with E-state index in [4.69, 9.17) is 11.6 Å². The van der Waals surface area contributed by atoms with E-state index < -0.39 is 5.41 Å². The summed E-state index contributed by atoms with van der Waals surface area (Å²) in [6.45, 7) is 11.6. The Balaban J connectivity index is 0.828. The van der Waals surface area contributed by atoms with E-state index in [0.29, 0.717) is 41.2 Å². The Labute approximate surface area is 428 Å². The third kappa shape index (κ3) is 6.40. The van der Waals surface area contributed by atoms with E-state index in [1.165, 1.54) is 27.5 Å². The van der Waals surface area contributed by atoms with Gasteiger partial charge in [-0.15, -0.1) is 0 Å². The van der Waals surface area contributed by atoms with Crippen molar-refractivity contribution in [3.8, 4) is 22.3 Å². The molecule has 12 nitrogen and oxygen atoms in total. The molecule has 6 aliphatic rings. The lowest BCUT2D eigenvalue weighted by Crippen LogP contribution is -2.46. The van der Waals surface area contributed by atoms with E-state index in [9.17, 15) is 14.4 Å². The van der Waals surface area contributed by atoms with Crippen molar-refractivity contribution >= 4 is 69.7 Å². The van der Waals surface area contributed by atoms with Crippen molar-refractivity contribution in [1.29, 1.82) is 0 Å². The first-order valence-electron chi connectivity index (χ1n) is 25.2. The van der Waals surface area contributed by atoms with Gasteiger partial charge in [0.05, 0.1) is 24.4 Å². The molecule has 8 aromatic carbocycles. The van der Waals surface area contributed by atoms with E-state index in [0.717, 1.165) is 123 Å². The number of carbonyl (C=O) groups is 3. The van der Waals surface area contributed by atoms with E-state index in [1.807, 2.05) is 91.0 Å². The van der Waals surface area contributed by atoms with Crippen LogP contribution in [0, 0.1) is 0 Å².